The number of anilines is 3. The summed E-state index contributed by atoms with van der Waals surface area (Å²) < 4.78 is 6.01. The summed E-state index contributed by atoms with van der Waals surface area (Å²) in [6.45, 7) is 4.90. The highest BCUT2D eigenvalue weighted by Crippen LogP contribution is 2.28. The molecular formula is C30H34N6O4. The molecule has 208 valence electrons. The molecule has 0 amide bonds. The van der Waals surface area contributed by atoms with Crippen LogP contribution in [0.2, 0.25) is 0 Å². The predicted octanol–water partition coefficient (Wildman–Crippen LogP) is 5.51. The quantitative estimate of drug-likeness (QED) is 0.320. The van der Waals surface area contributed by atoms with Gasteiger partial charge in [-0.1, -0.05) is 24.3 Å². The van der Waals surface area contributed by atoms with E-state index in [1.165, 1.54) is 0 Å². The van der Waals surface area contributed by atoms with Gasteiger partial charge in [0, 0.05) is 24.7 Å². The Morgan fingerprint density at radius 2 is 2.00 bits per heavy atom. The van der Waals surface area contributed by atoms with Crippen LogP contribution in [0.3, 0.4) is 0 Å². The van der Waals surface area contributed by atoms with E-state index in [4.69, 9.17) is 14.7 Å². The molecule has 5 rings (SSSR count). The zero-order valence-corrected chi connectivity index (χ0v) is 22.7. The van der Waals surface area contributed by atoms with Crippen LogP contribution in [0, 0.1) is 5.41 Å². The molecule has 0 spiro atoms. The van der Waals surface area contributed by atoms with E-state index >= 15 is 0 Å². The van der Waals surface area contributed by atoms with Gasteiger partial charge in [-0.3, -0.25) is 9.78 Å². The third kappa shape index (κ3) is 6.56. The number of hydrogen-bond donors (Lipinski definition) is 3. The van der Waals surface area contributed by atoms with Gasteiger partial charge in [-0.15, -0.1) is 0 Å². The fourth-order valence-electron chi connectivity index (χ4n) is 4.82. The second kappa shape index (κ2) is 11.7. The molecule has 1 atom stereocenters. The predicted molar refractivity (Wildman–Crippen MR) is 154 cm³/mol. The number of aliphatic carboxylic acids is 1. The van der Waals surface area contributed by atoms with E-state index in [9.17, 15) is 15.0 Å². The van der Waals surface area contributed by atoms with Crippen LogP contribution in [0.1, 0.15) is 45.1 Å². The molecule has 1 fully saturated rings. The molecule has 0 aliphatic carbocycles. The van der Waals surface area contributed by atoms with Crippen molar-refractivity contribution in [2.45, 2.75) is 52.1 Å². The number of carboxylic acid groups (broad SMARTS) is 1. The molecule has 0 bridgehead atoms. The van der Waals surface area contributed by atoms with Gasteiger partial charge in [-0.05, 0) is 63.3 Å². The number of pyridine rings is 1. The molecule has 10 nitrogen and oxygen atoms in total. The molecule has 4 heterocycles. The van der Waals surface area contributed by atoms with Crippen LogP contribution in [0.5, 0.6) is 0 Å². The molecule has 2 aromatic heterocycles. The lowest BCUT2D eigenvalue weighted by Gasteiger charge is -2.33. The maximum absolute atomic E-state index is 11.6. The molecular weight excluding hydrogens is 508 g/mol. The van der Waals surface area contributed by atoms with Crippen LogP contribution in [-0.4, -0.2) is 56.5 Å². The minimum atomic E-state index is -0.859. The number of ether oxygens (including phenoxy) is 1. The number of benzene rings is 1. The molecule has 0 radical (unpaired) electrons. The molecule has 10 heteroatoms. The molecule has 1 saturated heterocycles. The van der Waals surface area contributed by atoms with Crippen LogP contribution in [0.4, 0.5) is 17.5 Å². The van der Waals surface area contributed by atoms with Crippen molar-refractivity contribution in [1.29, 1.82) is 0 Å². The van der Waals surface area contributed by atoms with Crippen LogP contribution >= 0.6 is 0 Å². The number of nitrogens with zero attached hydrogens (tertiary/aromatic N) is 5. The Labute approximate surface area is 233 Å². The third-order valence-electron chi connectivity index (χ3n) is 7.02. The topological polar surface area (TPSA) is 133 Å². The monoisotopic (exact) mass is 542 g/mol. The van der Waals surface area contributed by atoms with E-state index in [0.29, 0.717) is 36.9 Å². The summed E-state index contributed by atoms with van der Waals surface area (Å²) in [6, 6.07) is 13.5. The fraction of sp³-hybridized carbons (Fsp3) is 0.367. The summed E-state index contributed by atoms with van der Waals surface area (Å²) in [7, 11) is 0. The van der Waals surface area contributed by atoms with Gasteiger partial charge in [-0.2, -0.15) is 0 Å². The Morgan fingerprint density at radius 1 is 1.15 bits per heavy atom. The second-order valence-corrected chi connectivity index (χ2v) is 10.8. The van der Waals surface area contributed by atoms with Crippen LogP contribution in [0.25, 0.3) is 11.3 Å². The molecule has 2 aliphatic rings. The molecule has 1 aromatic carbocycles. The summed E-state index contributed by atoms with van der Waals surface area (Å²) in [5.41, 5.74) is 1.75. The SMILES string of the molecule is CC(C)(Cc1cccc(-c2cccc(Nc3cncc(N4CCCC(OC5=C(O)CCC=N5)C4)n3)n2)c1)C(=O)O. The van der Waals surface area contributed by atoms with Crippen molar-refractivity contribution in [1.82, 2.24) is 15.0 Å². The standard InChI is InChI=1S/C30H34N6O4/c1-30(2,29(38)39)16-20-7-3-8-21(15-20)23-10-4-12-25(33-23)34-26-17-31-18-27(35-26)36-14-6-9-22(19-36)40-28-24(37)11-5-13-32-28/h3-4,7-8,10,12-13,15,17-18,22,37H,5-6,9,11,14,16,19H2,1-2H3,(H,38,39)(H,33,34,35). The fourth-order valence-corrected chi connectivity index (χ4v) is 4.82. The minimum Gasteiger partial charge on any atom is -0.507 e. The Kier molecular flexibility index (Phi) is 7.95. The number of aliphatic hydroxyl groups excluding tert-OH is 1. The van der Waals surface area contributed by atoms with E-state index in [-0.39, 0.29) is 11.9 Å². The molecule has 3 aromatic rings. The van der Waals surface area contributed by atoms with Gasteiger partial charge in [-0.25, -0.2) is 15.0 Å². The van der Waals surface area contributed by atoms with Crippen molar-refractivity contribution < 1.29 is 19.7 Å². The Morgan fingerprint density at radius 3 is 2.83 bits per heavy atom. The number of carboxylic acids is 1. The minimum absolute atomic E-state index is 0.102. The van der Waals surface area contributed by atoms with Crippen molar-refractivity contribution in [3.05, 3.63) is 72.1 Å². The Balaban J connectivity index is 1.27. The van der Waals surface area contributed by atoms with Crippen molar-refractivity contribution in [2.75, 3.05) is 23.3 Å². The highest BCUT2D eigenvalue weighted by atomic mass is 16.5. The van der Waals surface area contributed by atoms with Gasteiger partial charge >= 0.3 is 5.97 Å². The summed E-state index contributed by atoms with van der Waals surface area (Å²) >= 11 is 0. The van der Waals surface area contributed by atoms with Gasteiger partial charge in [0.2, 0.25) is 0 Å². The lowest BCUT2D eigenvalue weighted by Crippen LogP contribution is -2.40. The summed E-state index contributed by atoms with van der Waals surface area (Å²) in [6.07, 6.45) is 8.56. The number of carbonyl (C=O) groups is 1. The lowest BCUT2D eigenvalue weighted by molar-refractivity contribution is -0.146. The van der Waals surface area contributed by atoms with Crippen molar-refractivity contribution in [3.8, 4) is 11.3 Å². The van der Waals surface area contributed by atoms with Gasteiger partial charge in [0.05, 0.1) is 30.0 Å². The van der Waals surface area contributed by atoms with E-state index < -0.39 is 11.4 Å². The number of aliphatic imine (C=N–C) groups is 1. The summed E-state index contributed by atoms with van der Waals surface area (Å²) in [4.78, 5) is 31.9. The van der Waals surface area contributed by atoms with Crippen molar-refractivity contribution in [2.24, 2.45) is 10.4 Å². The number of allylic oxidation sites excluding steroid dienone is 1. The zero-order chi connectivity index (χ0) is 28.1. The maximum Gasteiger partial charge on any atom is 0.309 e. The smallest absolute Gasteiger partial charge is 0.309 e. The van der Waals surface area contributed by atoms with Gasteiger partial charge in [0.15, 0.2) is 11.6 Å². The largest absolute Gasteiger partial charge is 0.507 e. The van der Waals surface area contributed by atoms with Crippen molar-refractivity contribution in [3.63, 3.8) is 0 Å². The van der Waals surface area contributed by atoms with Gasteiger partial charge < -0.3 is 25.2 Å². The average molecular weight is 543 g/mol. The Hall–Kier alpha value is -4.47. The Bertz CT molecular complexity index is 1440. The molecule has 1 unspecified atom stereocenters. The summed E-state index contributed by atoms with van der Waals surface area (Å²) in [5, 5.41) is 22.9. The van der Waals surface area contributed by atoms with Gasteiger partial charge in [0.25, 0.3) is 5.88 Å². The number of aromatic nitrogens is 3. The first kappa shape index (κ1) is 27.1. The zero-order valence-electron chi connectivity index (χ0n) is 22.7. The first-order valence-corrected chi connectivity index (χ1v) is 13.5. The molecule has 0 saturated carbocycles. The van der Waals surface area contributed by atoms with Crippen molar-refractivity contribution >= 4 is 29.6 Å². The number of rotatable bonds is 9. The highest BCUT2D eigenvalue weighted by Gasteiger charge is 2.27. The van der Waals surface area contributed by atoms with Crippen LogP contribution in [-0.2, 0) is 16.0 Å². The average Bonchev–Trinajstić information content (AvgIpc) is 2.95. The van der Waals surface area contributed by atoms with E-state index in [0.717, 1.165) is 48.4 Å². The molecule has 2 aliphatic heterocycles. The highest BCUT2D eigenvalue weighted by molar-refractivity contribution is 5.74. The van der Waals surface area contributed by atoms with E-state index in [1.54, 1.807) is 32.5 Å². The van der Waals surface area contributed by atoms with Crippen LogP contribution < -0.4 is 10.2 Å². The number of aliphatic hydroxyl groups is 1. The molecule has 40 heavy (non-hydrogen) atoms. The molecule has 3 N–H and O–H groups in total. The second-order valence-electron chi connectivity index (χ2n) is 10.8. The van der Waals surface area contributed by atoms with E-state index in [2.05, 4.69) is 20.2 Å². The number of nitrogens with one attached hydrogen (secondary N) is 1. The first-order chi connectivity index (χ1) is 19.3. The number of piperidine rings is 1. The lowest BCUT2D eigenvalue weighted by atomic mass is 9.85. The number of hydrogen-bond acceptors (Lipinski definition) is 9. The third-order valence-corrected chi connectivity index (χ3v) is 7.02. The van der Waals surface area contributed by atoms with Crippen LogP contribution in [0.15, 0.2) is 71.5 Å². The van der Waals surface area contributed by atoms with E-state index in [1.807, 2.05) is 42.5 Å². The summed E-state index contributed by atoms with van der Waals surface area (Å²) in [5.74, 6) is 1.62. The maximum atomic E-state index is 11.6. The normalized spacial score (nSPS) is 17.6. The van der Waals surface area contributed by atoms with Gasteiger partial charge in [0.1, 0.15) is 17.7 Å². The first-order valence-electron chi connectivity index (χ1n) is 13.5.